The summed E-state index contributed by atoms with van der Waals surface area (Å²) in [6, 6.07) is 2.42. The summed E-state index contributed by atoms with van der Waals surface area (Å²) in [5.41, 5.74) is 0.359. The molecular weight excluding hydrogens is 266 g/mol. The number of nitrogens with zero attached hydrogens (tertiary/aromatic N) is 5. The van der Waals surface area contributed by atoms with Crippen LogP contribution in [0.25, 0.3) is 0 Å². The molecule has 3 heterocycles. The van der Waals surface area contributed by atoms with Gasteiger partial charge in [0.05, 0.1) is 18.5 Å². The Morgan fingerprint density at radius 1 is 1.33 bits per heavy atom. The highest BCUT2D eigenvalue weighted by Crippen LogP contribution is 2.26. The summed E-state index contributed by atoms with van der Waals surface area (Å²) < 4.78 is 5.54. The van der Waals surface area contributed by atoms with Crippen LogP contribution in [0.15, 0.2) is 12.4 Å². The minimum Gasteiger partial charge on any atom is -0.380 e. The van der Waals surface area contributed by atoms with Gasteiger partial charge in [0.15, 0.2) is 5.69 Å². The lowest BCUT2D eigenvalue weighted by Crippen LogP contribution is -2.39. The third kappa shape index (κ3) is 3.14. The monoisotopic (exact) mass is 287 g/mol. The van der Waals surface area contributed by atoms with Crippen molar-refractivity contribution < 1.29 is 4.74 Å². The molecule has 0 bridgehead atoms. The molecule has 0 aromatic carbocycles. The number of nitriles is 1. The molecule has 0 aliphatic carbocycles. The van der Waals surface area contributed by atoms with Gasteiger partial charge in [-0.1, -0.05) is 0 Å². The van der Waals surface area contributed by atoms with Gasteiger partial charge in [-0.05, 0) is 32.4 Å². The zero-order valence-electron chi connectivity index (χ0n) is 12.4. The molecule has 6 heteroatoms. The van der Waals surface area contributed by atoms with Crippen LogP contribution in [-0.2, 0) is 4.74 Å². The van der Waals surface area contributed by atoms with E-state index >= 15 is 0 Å². The molecule has 2 fully saturated rings. The van der Waals surface area contributed by atoms with Gasteiger partial charge in [-0.25, -0.2) is 9.97 Å². The number of hydrogen-bond acceptors (Lipinski definition) is 6. The van der Waals surface area contributed by atoms with Crippen molar-refractivity contribution in [3.8, 4) is 6.07 Å². The first kappa shape index (κ1) is 14.2. The number of ether oxygens (including phenoxy) is 1. The number of rotatable bonds is 4. The van der Waals surface area contributed by atoms with E-state index in [-0.39, 0.29) is 6.10 Å². The number of anilines is 1. The zero-order chi connectivity index (χ0) is 14.7. The average Bonchev–Trinajstić information content (AvgIpc) is 3.17. The topological polar surface area (TPSA) is 65.3 Å². The third-order valence-electron chi connectivity index (χ3n) is 4.42. The molecule has 0 spiro atoms. The van der Waals surface area contributed by atoms with Crippen molar-refractivity contribution in [1.29, 1.82) is 5.26 Å². The maximum absolute atomic E-state index is 8.82. The summed E-state index contributed by atoms with van der Waals surface area (Å²) in [5.74, 6) is 0.845. The van der Waals surface area contributed by atoms with E-state index in [0.717, 1.165) is 25.3 Å². The standard InChI is InChI=1S/C15H21N5O/c1-21-14-6-13(10-19-4-2-3-5-19)20(11-14)15-9-17-12(7-16)8-18-15/h8-9,13-14H,2-6,10-11H2,1H3/t13-,14-/m0/s1. The lowest BCUT2D eigenvalue weighted by Gasteiger charge is -2.28. The van der Waals surface area contributed by atoms with E-state index in [9.17, 15) is 0 Å². The first-order valence-corrected chi connectivity index (χ1v) is 7.54. The third-order valence-corrected chi connectivity index (χ3v) is 4.42. The van der Waals surface area contributed by atoms with Crippen LogP contribution in [0.4, 0.5) is 5.82 Å². The Balaban J connectivity index is 1.74. The van der Waals surface area contributed by atoms with Crippen molar-refractivity contribution in [3.05, 3.63) is 18.1 Å². The summed E-state index contributed by atoms with van der Waals surface area (Å²) >= 11 is 0. The van der Waals surface area contributed by atoms with Crippen molar-refractivity contribution in [2.75, 3.05) is 38.2 Å². The van der Waals surface area contributed by atoms with E-state index in [1.807, 2.05) is 6.07 Å². The molecule has 2 aliphatic heterocycles. The SMILES string of the molecule is CO[C@H]1C[C@@H](CN2CCCC2)N(c2cnc(C#N)cn2)C1. The molecule has 1 aromatic rings. The van der Waals surface area contributed by atoms with Gasteiger partial charge in [0.25, 0.3) is 0 Å². The fraction of sp³-hybridized carbons (Fsp3) is 0.667. The highest BCUT2D eigenvalue weighted by atomic mass is 16.5. The van der Waals surface area contributed by atoms with Crippen LogP contribution >= 0.6 is 0 Å². The van der Waals surface area contributed by atoms with Gasteiger partial charge in [0.1, 0.15) is 11.9 Å². The molecule has 0 saturated carbocycles. The van der Waals surface area contributed by atoms with Crippen LogP contribution in [0.1, 0.15) is 25.0 Å². The lowest BCUT2D eigenvalue weighted by atomic mass is 10.2. The first-order chi connectivity index (χ1) is 10.3. The van der Waals surface area contributed by atoms with Crippen LogP contribution < -0.4 is 4.90 Å². The van der Waals surface area contributed by atoms with Crippen molar-refractivity contribution in [2.24, 2.45) is 0 Å². The van der Waals surface area contributed by atoms with Gasteiger partial charge >= 0.3 is 0 Å². The number of likely N-dealkylation sites (tertiary alicyclic amines) is 1. The predicted molar refractivity (Wildman–Crippen MR) is 79.0 cm³/mol. The summed E-state index contributed by atoms with van der Waals surface area (Å²) in [4.78, 5) is 13.3. The van der Waals surface area contributed by atoms with Gasteiger partial charge < -0.3 is 14.5 Å². The normalized spacial score (nSPS) is 26.2. The van der Waals surface area contributed by atoms with Crippen LogP contribution in [-0.4, -0.2) is 60.3 Å². The Morgan fingerprint density at radius 2 is 2.14 bits per heavy atom. The van der Waals surface area contributed by atoms with Crippen molar-refractivity contribution in [3.63, 3.8) is 0 Å². The molecule has 1 aromatic heterocycles. The molecule has 2 saturated heterocycles. The Morgan fingerprint density at radius 3 is 2.76 bits per heavy atom. The Kier molecular flexibility index (Phi) is 4.32. The van der Waals surface area contributed by atoms with Crippen LogP contribution in [0.2, 0.25) is 0 Å². The smallest absolute Gasteiger partial charge is 0.158 e. The molecule has 2 aliphatic rings. The van der Waals surface area contributed by atoms with Crippen molar-refractivity contribution >= 4 is 5.82 Å². The van der Waals surface area contributed by atoms with E-state index in [0.29, 0.717) is 11.7 Å². The molecule has 21 heavy (non-hydrogen) atoms. The van der Waals surface area contributed by atoms with Crippen molar-refractivity contribution in [1.82, 2.24) is 14.9 Å². The summed E-state index contributed by atoms with van der Waals surface area (Å²) in [5, 5.41) is 8.82. The van der Waals surface area contributed by atoms with E-state index in [2.05, 4.69) is 19.8 Å². The molecule has 112 valence electrons. The van der Waals surface area contributed by atoms with Gasteiger partial charge in [-0.15, -0.1) is 0 Å². The molecule has 2 atom stereocenters. The molecular formula is C15H21N5O. The highest BCUT2D eigenvalue weighted by Gasteiger charge is 2.34. The van der Waals surface area contributed by atoms with E-state index < -0.39 is 0 Å². The average molecular weight is 287 g/mol. The van der Waals surface area contributed by atoms with E-state index in [1.165, 1.54) is 25.9 Å². The summed E-state index contributed by atoms with van der Waals surface area (Å²) in [7, 11) is 1.77. The van der Waals surface area contributed by atoms with Gasteiger partial charge in [0.2, 0.25) is 0 Å². The maximum Gasteiger partial charge on any atom is 0.158 e. The second-order valence-corrected chi connectivity index (χ2v) is 5.78. The van der Waals surface area contributed by atoms with Gasteiger partial charge in [0, 0.05) is 26.2 Å². The first-order valence-electron chi connectivity index (χ1n) is 7.54. The quantitative estimate of drug-likeness (QED) is 0.824. The summed E-state index contributed by atoms with van der Waals surface area (Å²) in [6.07, 6.45) is 7.12. The van der Waals surface area contributed by atoms with E-state index in [4.69, 9.17) is 10.00 Å². The van der Waals surface area contributed by atoms with Crippen LogP contribution in [0.5, 0.6) is 0 Å². The Labute approximate surface area is 125 Å². The van der Waals surface area contributed by atoms with Crippen molar-refractivity contribution in [2.45, 2.75) is 31.4 Å². The van der Waals surface area contributed by atoms with Gasteiger partial charge in [-0.2, -0.15) is 5.26 Å². The van der Waals surface area contributed by atoms with Gasteiger partial charge in [-0.3, -0.25) is 0 Å². The fourth-order valence-electron chi connectivity index (χ4n) is 3.29. The number of methoxy groups -OCH3 is 1. The Bertz CT molecular complexity index is 506. The minimum absolute atomic E-state index is 0.245. The van der Waals surface area contributed by atoms with Crippen LogP contribution in [0.3, 0.4) is 0 Å². The maximum atomic E-state index is 8.82. The second-order valence-electron chi connectivity index (χ2n) is 5.78. The minimum atomic E-state index is 0.245. The number of aromatic nitrogens is 2. The zero-order valence-corrected chi connectivity index (χ0v) is 12.4. The summed E-state index contributed by atoms with van der Waals surface area (Å²) in [6.45, 7) is 4.29. The molecule has 0 N–H and O–H groups in total. The number of hydrogen-bond donors (Lipinski definition) is 0. The Hall–Kier alpha value is -1.71. The predicted octanol–water partition coefficient (Wildman–Crippen LogP) is 1.04. The highest BCUT2D eigenvalue weighted by molar-refractivity contribution is 5.41. The molecule has 0 amide bonds. The molecule has 0 radical (unpaired) electrons. The largest absolute Gasteiger partial charge is 0.380 e. The lowest BCUT2D eigenvalue weighted by molar-refractivity contribution is 0.116. The molecule has 0 unspecified atom stereocenters. The second kappa shape index (κ2) is 6.37. The molecule has 3 rings (SSSR count). The fourth-order valence-corrected chi connectivity index (χ4v) is 3.29. The van der Waals surface area contributed by atoms with Crippen LogP contribution in [0, 0.1) is 11.3 Å². The molecule has 6 nitrogen and oxygen atoms in total. The van der Waals surface area contributed by atoms with E-state index in [1.54, 1.807) is 19.5 Å².